The molecular formula is C17H20N4O. The first-order chi connectivity index (χ1) is 10.5. The number of aromatic nitrogens is 2. The van der Waals surface area contributed by atoms with Gasteiger partial charge < -0.3 is 15.2 Å². The van der Waals surface area contributed by atoms with E-state index < -0.39 is 0 Å². The van der Waals surface area contributed by atoms with Crippen molar-refractivity contribution in [3.8, 4) is 11.3 Å². The number of imidazole rings is 1. The Balaban J connectivity index is 1.74. The molecule has 1 aromatic heterocycles. The quantitative estimate of drug-likeness (QED) is 0.874. The number of likely N-dealkylation sites (N-methyl/N-ethyl adjacent to an activating group) is 1. The topological polar surface area (TPSA) is 64.2 Å². The van der Waals surface area contributed by atoms with Gasteiger partial charge in [0.2, 0.25) is 5.91 Å². The van der Waals surface area contributed by atoms with Crippen LogP contribution in [0.25, 0.3) is 11.3 Å². The molecule has 5 heteroatoms. The van der Waals surface area contributed by atoms with Gasteiger partial charge in [-0.1, -0.05) is 13.0 Å². The summed E-state index contributed by atoms with van der Waals surface area (Å²) in [6.07, 6.45) is 3.56. The lowest BCUT2D eigenvalue weighted by atomic mass is 9.98. The van der Waals surface area contributed by atoms with Gasteiger partial charge >= 0.3 is 0 Å². The second-order valence-electron chi connectivity index (χ2n) is 6.51. The summed E-state index contributed by atoms with van der Waals surface area (Å²) in [5, 5.41) is 0. The molecule has 1 aromatic carbocycles. The van der Waals surface area contributed by atoms with E-state index in [1.54, 1.807) is 4.90 Å². The molecule has 0 spiro atoms. The van der Waals surface area contributed by atoms with Crippen molar-refractivity contribution >= 4 is 11.6 Å². The number of anilines is 1. The molecule has 2 N–H and O–H groups in total. The van der Waals surface area contributed by atoms with Gasteiger partial charge in [0.1, 0.15) is 5.82 Å². The molecule has 2 aromatic rings. The van der Waals surface area contributed by atoms with Crippen LogP contribution in [0.1, 0.15) is 30.7 Å². The van der Waals surface area contributed by atoms with Crippen molar-refractivity contribution in [2.45, 2.75) is 38.3 Å². The summed E-state index contributed by atoms with van der Waals surface area (Å²) in [5.74, 6) is 1.65. The number of hydrogen-bond donors (Lipinski definition) is 1. The van der Waals surface area contributed by atoms with Crippen LogP contribution in [0.4, 0.5) is 5.69 Å². The third-order valence-corrected chi connectivity index (χ3v) is 4.79. The highest BCUT2D eigenvalue weighted by Crippen LogP contribution is 2.33. The maximum absolute atomic E-state index is 11.8. The van der Waals surface area contributed by atoms with Crippen LogP contribution in [-0.2, 0) is 17.8 Å². The molecule has 3 heterocycles. The first kappa shape index (κ1) is 13.5. The van der Waals surface area contributed by atoms with Crippen molar-refractivity contribution in [2.24, 2.45) is 5.73 Å². The zero-order valence-electron chi connectivity index (χ0n) is 12.9. The normalized spacial score (nSPS) is 23.6. The number of nitrogens with zero attached hydrogens (tertiary/aromatic N) is 3. The van der Waals surface area contributed by atoms with E-state index in [1.807, 2.05) is 19.2 Å². The van der Waals surface area contributed by atoms with Crippen molar-refractivity contribution in [2.75, 3.05) is 11.9 Å². The van der Waals surface area contributed by atoms with E-state index in [-0.39, 0.29) is 11.9 Å². The number of nitrogens with two attached hydrogens (primary N) is 1. The molecule has 2 aliphatic rings. The third kappa shape index (κ3) is 1.96. The third-order valence-electron chi connectivity index (χ3n) is 4.79. The molecule has 0 saturated heterocycles. The molecular weight excluding hydrogens is 276 g/mol. The molecule has 2 aliphatic heterocycles. The molecule has 0 bridgehead atoms. The van der Waals surface area contributed by atoms with Crippen molar-refractivity contribution in [3.05, 3.63) is 35.8 Å². The van der Waals surface area contributed by atoms with Crippen molar-refractivity contribution in [1.82, 2.24) is 9.55 Å². The Hall–Kier alpha value is -2.14. The van der Waals surface area contributed by atoms with Crippen molar-refractivity contribution in [3.63, 3.8) is 0 Å². The Morgan fingerprint density at radius 2 is 2.18 bits per heavy atom. The summed E-state index contributed by atoms with van der Waals surface area (Å²) in [5.41, 5.74) is 10.2. The van der Waals surface area contributed by atoms with E-state index >= 15 is 0 Å². The Bertz CT molecular complexity index is 764. The Labute approximate surface area is 129 Å². The SMILES string of the molecule is CC1CC(N)Cn2cc(-c3ccc4c(c3)CC(=O)N4C)nc21. The van der Waals surface area contributed by atoms with Crippen LogP contribution in [0.2, 0.25) is 0 Å². The van der Waals surface area contributed by atoms with Gasteiger partial charge in [0.25, 0.3) is 0 Å². The zero-order valence-corrected chi connectivity index (χ0v) is 12.9. The highest BCUT2D eigenvalue weighted by molar-refractivity contribution is 6.01. The van der Waals surface area contributed by atoms with Gasteiger partial charge in [0.05, 0.1) is 12.1 Å². The Morgan fingerprint density at radius 1 is 1.36 bits per heavy atom. The molecule has 1 amide bonds. The largest absolute Gasteiger partial charge is 0.332 e. The number of fused-ring (bicyclic) bond motifs is 2. The van der Waals surface area contributed by atoms with E-state index in [9.17, 15) is 4.79 Å². The Kier molecular flexibility index (Phi) is 2.87. The average molecular weight is 296 g/mol. The predicted molar refractivity (Wildman–Crippen MR) is 85.8 cm³/mol. The molecule has 2 unspecified atom stereocenters. The van der Waals surface area contributed by atoms with Gasteiger partial charge in [0.15, 0.2) is 0 Å². The second kappa shape index (κ2) is 4.68. The minimum atomic E-state index is 0.149. The van der Waals surface area contributed by atoms with Crippen LogP contribution in [0.15, 0.2) is 24.4 Å². The van der Waals surface area contributed by atoms with Gasteiger partial charge in [-0.05, 0) is 24.1 Å². The van der Waals surface area contributed by atoms with Gasteiger partial charge in [-0.2, -0.15) is 0 Å². The fourth-order valence-electron chi connectivity index (χ4n) is 3.63. The number of carbonyl (C=O) groups is 1. The maximum Gasteiger partial charge on any atom is 0.231 e. The van der Waals surface area contributed by atoms with Crippen LogP contribution in [0.5, 0.6) is 0 Å². The number of carbonyl (C=O) groups excluding carboxylic acids is 1. The maximum atomic E-state index is 11.8. The lowest BCUT2D eigenvalue weighted by Crippen LogP contribution is -2.33. The highest BCUT2D eigenvalue weighted by Gasteiger charge is 2.26. The van der Waals surface area contributed by atoms with Crippen LogP contribution >= 0.6 is 0 Å². The lowest BCUT2D eigenvalue weighted by Gasteiger charge is -2.25. The molecule has 0 fully saturated rings. The highest BCUT2D eigenvalue weighted by atomic mass is 16.2. The molecule has 0 radical (unpaired) electrons. The molecule has 114 valence electrons. The number of amides is 1. The summed E-state index contributed by atoms with van der Waals surface area (Å²) in [7, 11) is 1.83. The van der Waals surface area contributed by atoms with E-state index in [2.05, 4.69) is 23.8 Å². The summed E-state index contributed by atoms with van der Waals surface area (Å²) >= 11 is 0. The first-order valence-corrected chi connectivity index (χ1v) is 7.75. The molecule has 0 saturated carbocycles. The summed E-state index contributed by atoms with van der Waals surface area (Å²) in [6, 6.07) is 6.36. The fraction of sp³-hybridized carbons (Fsp3) is 0.412. The number of hydrogen-bond acceptors (Lipinski definition) is 3. The van der Waals surface area contributed by atoms with E-state index in [4.69, 9.17) is 10.7 Å². The Morgan fingerprint density at radius 3 is 3.00 bits per heavy atom. The van der Waals surface area contributed by atoms with E-state index in [0.717, 1.165) is 41.3 Å². The molecule has 22 heavy (non-hydrogen) atoms. The first-order valence-electron chi connectivity index (χ1n) is 7.75. The van der Waals surface area contributed by atoms with E-state index in [1.165, 1.54) is 0 Å². The van der Waals surface area contributed by atoms with E-state index in [0.29, 0.717) is 12.3 Å². The standard InChI is InChI=1S/C17H20N4O/c1-10-5-13(18)8-21-9-14(19-17(10)21)11-3-4-15-12(6-11)7-16(22)20(15)2/h3-4,6,9-10,13H,5,7-8,18H2,1-2H3. The summed E-state index contributed by atoms with van der Waals surface area (Å²) in [6.45, 7) is 3.01. The minimum Gasteiger partial charge on any atom is -0.332 e. The van der Waals surface area contributed by atoms with Gasteiger partial charge in [0, 0.05) is 43.0 Å². The smallest absolute Gasteiger partial charge is 0.231 e. The average Bonchev–Trinajstić information content (AvgIpc) is 3.01. The van der Waals surface area contributed by atoms with Crippen LogP contribution in [0.3, 0.4) is 0 Å². The molecule has 4 rings (SSSR count). The number of rotatable bonds is 1. The molecule has 0 aliphatic carbocycles. The monoisotopic (exact) mass is 296 g/mol. The fourth-order valence-corrected chi connectivity index (χ4v) is 3.63. The van der Waals surface area contributed by atoms with Crippen LogP contribution in [0, 0.1) is 0 Å². The van der Waals surface area contributed by atoms with Gasteiger partial charge in [-0.25, -0.2) is 4.98 Å². The predicted octanol–water partition coefficient (Wildman–Crippen LogP) is 1.90. The summed E-state index contributed by atoms with van der Waals surface area (Å²) in [4.78, 5) is 18.3. The summed E-state index contributed by atoms with van der Waals surface area (Å²) < 4.78 is 2.18. The van der Waals surface area contributed by atoms with Gasteiger partial charge in [-0.3, -0.25) is 4.79 Å². The van der Waals surface area contributed by atoms with Crippen LogP contribution in [-0.4, -0.2) is 28.5 Å². The number of benzene rings is 1. The van der Waals surface area contributed by atoms with Crippen molar-refractivity contribution in [1.29, 1.82) is 0 Å². The molecule has 2 atom stereocenters. The van der Waals surface area contributed by atoms with Crippen molar-refractivity contribution < 1.29 is 4.79 Å². The van der Waals surface area contributed by atoms with Gasteiger partial charge in [-0.15, -0.1) is 0 Å². The zero-order chi connectivity index (χ0) is 15.4. The lowest BCUT2D eigenvalue weighted by molar-refractivity contribution is -0.117. The van der Waals surface area contributed by atoms with Crippen LogP contribution < -0.4 is 10.6 Å². The minimum absolute atomic E-state index is 0.149. The second-order valence-corrected chi connectivity index (χ2v) is 6.51. The molecule has 5 nitrogen and oxygen atoms in total.